The lowest BCUT2D eigenvalue weighted by Crippen LogP contribution is -2.20. The van der Waals surface area contributed by atoms with Crippen LogP contribution in [0.2, 0.25) is 0 Å². The van der Waals surface area contributed by atoms with Gasteiger partial charge in [0.1, 0.15) is 6.33 Å². The average molecular weight is 443 g/mol. The second-order valence-electron chi connectivity index (χ2n) is 8.48. The van der Waals surface area contributed by atoms with Crippen LogP contribution in [0.1, 0.15) is 16.7 Å². The second kappa shape index (κ2) is 8.12. The van der Waals surface area contributed by atoms with Crippen LogP contribution in [0.5, 0.6) is 0 Å². The molecule has 0 aliphatic rings. The molecule has 0 saturated carbocycles. The lowest BCUT2D eigenvalue weighted by molar-refractivity contribution is 0.879. The molecule has 0 amide bonds. The van der Waals surface area contributed by atoms with Gasteiger partial charge in [0.05, 0.1) is 22.3 Å². The van der Waals surface area contributed by atoms with Crippen molar-refractivity contribution in [3.05, 3.63) is 131 Å². The van der Waals surface area contributed by atoms with Crippen molar-refractivity contribution in [1.82, 2.24) is 19.3 Å². The third kappa shape index (κ3) is 3.39. The molecule has 0 radical (unpaired) electrons. The number of aryl methyl sites for hydroxylation is 1. The summed E-state index contributed by atoms with van der Waals surface area (Å²) in [5.41, 5.74) is 5.86. The maximum absolute atomic E-state index is 13.6. The van der Waals surface area contributed by atoms with Crippen LogP contribution in [0.4, 0.5) is 0 Å². The first-order chi connectivity index (χ1) is 16.7. The Morgan fingerprint density at radius 1 is 0.824 bits per heavy atom. The number of hydrogen-bond donors (Lipinski definition) is 0. The standard InChI is InChI=1S/C29H22N4O/c1-20-7-2-5-10-27(20)32-19-30-28-25-9-4-3-8-24(25)22(18-26(28)29(32)34)17-21-11-13-23(14-12-21)33-16-6-15-31-33/h2-16,18-19H,17H2,1H3. The van der Waals surface area contributed by atoms with Gasteiger partial charge in [0.15, 0.2) is 0 Å². The molecule has 0 aliphatic carbocycles. The quantitative estimate of drug-likeness (QED) is 0.333. The fraction of sp³-hybridized carbons (Fsp3) is 0.0690. The zero-order valence-electron chi connectivity index (χ0n) is 18.7. The Hall–Kier alpha value is -4.51. The van der Waals surface area contributed by atoms with E-state index in [1.807, 2.05) is 72.4 Å². The van der Waals surface area contributed by atoms with Crippen molar-refractivity contribution >= 4 is 21.7 Å². The minimum atomic E-state index is -0.0552. The van der Waals surface area contributed by atoms with Gasteiger partial charge in [0.2, 0.25) is 0 Å². The van der Waals surface area contributed by atoms with Crippen LogP contribution in [0, 0.1) is 6.92 Å². The maximum Gasteiger partial charge on any atom is 0.265 e. The molecule has 0 unspecified atom stereocenters. The van der Waals surface area contributed by atoms with Crippen LogP contribution in [-0.4, -0.2) is 19.3 Å². The molecule has 0 atom stereocenters. The van der Waals surface area contributed by atoms with Crippen molar-refractivity contribution in [1.29, 1.82) is 0 Å². The lowest BCUT2D eigenvalue weighted by atomic mass is 9.96. The Kier molecular flexibility index (Phi) is 4.81. The van der Waals surface area contributed by atoms with E-state index in [-0.39, 0.29) is 5.56 Å². The Morgan fingerprint density at radius 2 is 1.59 bits per heavy atom. The topological polar surface area (TPSA) is 52.7 Å². The minimum absolute atomic E-state index is 0.0552. The van der Waals surface area contributed by atoms with Crippen molar-refractivity contribution in [2.24, 2.45) is 0 Å². The molecule has 2 heterocycles. The van der Waals surface area contributed by atoms with Gasteiger partial charge >= 0.3 is 0 Å². The van der Waals surface area contributed by atoms with E-state index in [1.54, 1.807) is 17.1 Å². The second-order valence-corrected chi connectivity index (χ2v) is 8.48. The van der Waals surface area contributed by atoms with Gasteiger partial charge in [0, 0.05) is 17.8 Å². The van der Waals surface area contributed by atoms with Crippen molar-refractivity contribution in [2.45, 2.75) is 13.3 Å². The normalized spacial score (nSPS) is 11.3. The zero-order chi connectivity index (χ0) is 23.1. The maximum atomic E-state index is 13.6. The Morgan fingerprint density at radius 3 is 2.35 bits per heavy atom. The SMILES string of the molecule is Cc1ccccc1-n1cnc2c(cc(Cc3ccc(-n4cccn4)cc3)c3ccccc32)c1=O. The van der Waals surface area contributed by atoms with E-state index in [4.69, 9.17) is 4.98 Å². The zero-order valence-corrected chi connectivity index (χ0v) is 18.7. The molecule has 0 saturated heterocycles. The molecule has 0 fully saturated rings. The molecular formula is C29H22N4O. The molecule has 4 aromatic carbocycles. The van der Waals surface area contributed by atoms with Gasteiger partial charge in [-0.2, -0.15) is 5.10 Å². The number of hydrogen-bond acceptors (Lipinski definition) is 3. The van der Waals surface area contributed by atoms with E-state index in [1.165, 1.54) is 5.56 Å². The van der Waals surface area contributed by atoms with Crippen LogP contribution < -0.4 is 5.56 Å². The molecule has 5 heteroatoms. The highest BCUT2D eigenvalue weighted by Crippen LogP contribution is 2.28. The van der Waals surface area contributed by atoms with Gasteiger partial charge in [-0.3, -0.25) is 9.36 Å². The van der Waals surface area contributed by atoms with Gasteiger partial charge in [-0.15, -0.1) is 0 Å². The van der Waals surface area contributed by atoms with E-state index >= 15 is 0 Å². The summed E-state index contributed by atoms with van der Waals surface area (Å²) in [7, 11) is 0. The molecule has 6 aromatic rings. The Bertz CT molecular complexity index is 1700. The number of nitrogens with zero attached hydrogens (tertiary/aromatic N) is 4. The number of aromatic nitrogens is 4. The van der Waals surface area contributed by atoms with Crippen LogP contribution >= 0.6 is 0 Å². The van der Waals surface area contributed by atoms with E-state index in [2.05, 4.69) is 35.4 Å². The summed E-state index contributed by atoms with van der Waals surface area (Å²) in [4.78, 5) is 18.3. The fourth-order valence-electron chi connectivity index (χ4n) is 4.59. The third-order valence-electron chi connectivity index (χ3n) is 6.33. The number of para-hydroxylation sites is 1. The molecule has 0 aliphatic heterocycles. The molecule has 34 heavy (non-hydrogen) atoms. The fourth-order valence-corrected chi connectivity index (χ4v) is 4.59. The minimum Gasteiger partial charge on any atom is -0.268 e. The molecule has 0 N–H and O–H groups in total. The molecule has 6 rings (SSSR count). The van der Waals surface area contributed by atoms with Gasteiger partial charge in [-0.25, -0.2) is 9.67 Å². The third-order valence-corrected chi connectivity index (χ3v) is 6.33. The summed E-state index contributed by atoms with van der Waals surface area (Å²) in [6, 6.07) is 28.4. The van der Waals surface area contributed by atoms with Gasteiger partial charge in [0.25, 0.3) is 5.56 Å². The van der Waals surface area contributed by atoms with Crippen LogP contribution in [-0.2, 0) is 6.42 Å². The summed E-state index contributed by atoms with van der Waals surface area (Å²) in [5, 5.41) is 7.04. The molecule has 2 aromatic heterocycles. The summed E-state index contributed by atoms with van der Waals surface area (Å²) >= 11 is 0. The van der Waals surface area contributed by atoms with Gasteiger partial charge in [-0.05, 0) is 65.8 Å². The predicted molar refractivity (Wildman–Crippen MR) is 136 cm³/mol. The summed E-state index contributed by atoms with van der Waals surface area (Å²) < 4.78 is 3.49. The van der Waals surface area contributed by atoms with Crippen molar-refractivity contribution < 1.29 is 0 Å². The van der Waals surface area contributed by atoms with Gasteiger partial charge < -0.3 is 0 Å². The highest BCUT2D eigenvalue weighted by molar-refractivity contribution is 6.06. The number of fused-ring (bicyclic) bond motifs is 3. The van der Waals surface area contributed by atoms with E-state index < -0.39 is 0 Å². The highest BCUT2D eigenvalue weighted by Gasteiger charge is 2.14. The summed E-state index contributed by atoms with van der Waals surface area (Å²) in [5.74, 6) is 0. The largest absolute Gasteiger partial charge is 0.268 e. The number of benzene rings is 4. The first-order valence-corrected chi connectivity index (χ1v) is 11.3. The first kappa shape index (κ1) is 20.1. The summed E-state index contributed by atoms with van der Waals surface area (Å²) in [6.45, 7) is 2.00. The van der Waals surface area contributed by atoms with Crippen molar-refractivity contribution in [3.8, 4) is 11.4 Å². The molecular weight excluding hydrogens is 420 g/mol. The Labute approximate surface area is 196 Å². The van der Waals surface area contributed by atoms with Crippen LogP contribution in [0.15, 0.2) is 108 Å². The average Bonchev–Trinajstić information content (AvgIpc) is 3.41. The first-order valence-electron chi connectivity index (χ1n) is 11.3. The van der Waals surface area contributed by atoms with E-state index in [0.717, 1.165) is 38.8 Å². The van der Waals surface area contributed by atoms with E-state index in [0.29, 0.717) is 11.8 Å². The predicted octanol–water partition coefficient (Wildman–Crippen LogP) is 5.62. The highest BCUT2D eigenvalue weighted by atomic mass is 16.1. The summed E-state index contributed by atoms with van der Waals surface area (Å²) in [6.07, 6.45) is 6.06. The van der Waals surface area contributed by atoms with Crippen molar-refractivity contribution in [2.75, 3.05) is 0 Å². The van der Waals surface area contributed by atoms with Crippen molar-refractivity contribution in [3.63, 3.8) is 0 Å². The molecule has 5 nitrogen and oxygen atoms in total. The molecule has 0 spiro atoms. The lowest BCUT2D eigenvalue weighted by Gasteiger charge is -2.13. The monoisotopic (exact) mass is 442 g/mol. The molecule has 0 bridgehead atoms. The van der Waals surface area contributed by atoms with Crippen LogP contribution in [0.3, 0.4) is 0 Å². The number of rotatable bonds is 4. The molecule has 164 valence electrons. The smallest absolute Gasteiger partial charge is 0.265 e. The van der Waals surface area contributed by atoms with Crippen LogP contribution in [0.25, 0.3) is 33.1 Å². The Balaban J connectivity index is 1.50. The van der Waals surface area contributed by atoms with Gasteiger partial charge in [-0.1, -0.05) is 54.6 Å². The van der Waals surface area contributed by atoms with E-state index in [9.17, 15) is 4.79 Å².